The van der Waals surface area contributed by atoms with Gasteiger partial charge in [-0.2, -0.15) is 5.26 Å². The first-order chi connectivity index (χ1) is 6.22. The Morgan fingerprint density at radius 1 is 1.54 bits per heavy atom. The van der Waals surface area contributed by atoms with Gasteiger partial charge in [-0.3, -0.25) is 4.98 Å². The number of nitrogens with zero attached hydrogens (tertiary/aromatic N) is 2. The van der Waals surface area contributed by atoms with Crippen molar-refractivity contribution in [1.29, 1.82) is 5.26 Å². The van der Waals surface area contributed by atoms with Gasteiger partial charge in [0.15, 0.2) is 0 Å². The smallest absolute Gasteiger partial charge is 0.0774 e. The predicted octanol–water partition coefficient (Wildman–Crippen LogP) is 2.35. The van der Waals surface area contributed by atoms with Crippen molar-refractivity contribution >= 4 is 0 Å². The van der Waals surface area contributed by atoms with Crippen LogP contribution in [0.5, 0.6) is 0 Å². The largest absolute Gasteiger partial charge is 0.260 e. The van der Waals surface area contributed by atoms with E-state index in [0.29, 0.717) is 12.3 Å². The van der Waals surface area contributed by atoms with Crippen molar-refractivity contribution in [3.63, 3.8) is 0 Å². The van der Waals surface area contributed by atoms with Gasteiger partial charge >= 0.3 is 0 Å². The highest BCUT2D eigenvalue weighted by Crippen LogP contribution is 2.08. The van der Waals surface area contributed by atoms with Crippen molar-refractivity contribution in [2.75, 3.05) is 0 Å². The van der Waals surface area contributed by atoms with Gasteiger partial charge < -0.3 is 0 Å². The maximum atomic E-state index is 8.50. The highest BCUT2D eigenvalue weighted by Gasteiger charge is 1.99. The zero-order chi connectivity index (χ0) is 9.68. The molecule has 0 saturated heterocycles. The topological polar surface area (TPSA) is 36.7 Å². The van der Waals surface area contributed by atoms with Crippen molar-refractivity contribution in [3.8, 4) is 6.07 Å². The molecule has 0 atom stereocenters. The lowest BCUT2D eigenvalue weighted by Gasteiger charge is -2.04. The van der Waals surface area contributed by atoms with Gasteiger partial charge in [-0.25, -0.2) is 0 Å². The molecule has 0 aromatic carbocycles. The van der Waals surface area contributed by atoms with Crippen LogP contribution in [-0.4, -0.2) is 4.98 Å². The third kappa shape index (κ3) is 3.25. The van der Waals surface area contributed by atoms with E-state index in [1.807, 2.05) is 12.1 Å². The molecule has 1 rings (SSSR count). The molecular weight excluding hydrogens is 160 g/mol. The van der Waals surface area contributed by atoms with Gasteiger partial charge in [-0.1, -0.05) is 13.8 Å². The fraction of sp³-hybridized carbons (Fsp3) is 0.455. The zero-order valence-corrected chi connectivity index (χ0v) is 8.12. The van der Waals surface area contributed by atoms with E-state index in [1.54, 1.807) is 6.20 Å². The first kappa shape index (κ1) is 9.73. The minimum atomic E-state index is 0.409. The van der Waals surface area contributed by atoms with E-state index in [4.69, 9.17) is 5.26 Å². The Morgan fingerprint density at radius 3 is 2.92 bits per heavy atom. The van der Waals surface area contributed by atoms with Crippen LogP contribution >= 0.6 is 0 Å². The van der Waals surface area contributed by atoms with Gasteiger partial charge in [-0.05, 0) is 30.0 Å². The van der Waals surface area contributed by atoms with Crippen molar-refractivity contribution in [3.05, 3.63) is 29.6 Å². The molecule has 13 heavy (non-hydrogen) atoms. The summed E-state index contributed by atoms with van der Waals surface area (Å²) in [5.74, 6) is 0.650. The molecule has 0 amide bonds. The molecule has 0 spiro atoms. The third-order valence-electron chi connectivity index (χ3n) is 1.79. The molecule has 0 unspecified atom stereocenters. The zero-order valence-electron chi connectivity index (χ0n) is 8.12. The summed E-state index contributed by atoms with van der Waals surface area (Å²) in [6, 6.07) is 6.13. The number of hydrogen-bond acceptors (Lipinski definition) is 2. The molecule has 1 aromatic heterocycles. The van der Waals surface area contributed by atoms with Gasteiger partial charge in [0.1, 0.15) is 0 Å². The molecular formula is C11H14N2. The molecule has 0 bridgehead atoms. The maximum absolute atomic E-state index is 8.50. The van der Waals surface area contributed by atoms with E-state index in [2.05, 4.69) is 24.9 Å². The fourth-order valence-corrected chi connectivity index (χ4v) is 1.30. The Kier molecular flexibility index (Phi) is 3.45. The Balaban J connectivity index is 2.74. The standard InChI is InChI=1S/C11H14N2/c1-9(2)7-10-4-6-13-11(8-10)3-5-12/h4,6,8-9H,3,7H2,1-2H3. The average Bonchev–Trinajstić information content (AvgIpc) is 2.04. The van der Waals surface area contributed by atoms with E-state index >= 15 is 0 Å². The second-order valence-corrected chi connectivity index (χ2v) is 3.59. The second-order valence-electron chi connectivity index (χ2n) is 3.59. The maximum Gasteiger partial charge on any atom is 0.0774 e. The molecule has 2 nitrogen and oxygen atoms in total. The highest BCUT2D eigenvalue weighted by molar-refractivity contribution is 5.18. The molecule has 1 aromatic rings. The Morgan fingerprint density at radius 2 is 2.31 bits per heavy atom. The van der Waals surface area contributed by atoms with Crippen molar-refractivity contribution < 1.29 is 0 Å². The molecule has 1 heterocycles. The first-order valence-corrected chi connectivity index (χ1v) is 4.53. The summed E-state index contributed by atoms with van der Waals surface area (Å²) in [5, 5.41) is 8.50. The van der Waals surface area contributed by atoms with E-state index in [9.17, 15) is 0 Å². The Bertz CT molecular complexity index is 310. The van der Waals surface area contributed by atoms with Gasteiger partial charge in [0.2, 0.25) is 0 Å². The molecule has 0 aliphatic heterocycles. The number of rotatable bonds is 3. The summed E-state index contributed by atoms with van der Waals surface area (Å²) < 4.78 is 0. The van der Waals surface area contributed by atoms with Gasteiger partial charge in [0.05, 0.1) is 18.2 Å². The van der Waals surface area contributed by atoms with E-state index in [-0.39, 0.29) is 0 Å². The van der Waals surface area contributed by atoms with E-state index < -0.39 is 0 Å². The predicted molar refractivity (Wildman–Crippen MR) is 52.1 cm³/mol. The molecule has 2 heteroatoms. The van der Waals surface area contributed by atoms with Gasteiger partial charge in [0, 0.05) is 6.20 Å². The minimum Gasteiger partial charge on any atom is -0.260 e. The Labute approximate surface area is 79.2 Å². The second kappa shape index (κ2) is 4.61. The van der Waals surface area contributed by atoms with E-state index in [0.717, 1.165) is 12.1 Å². The van der Waals surface area contributed by atoms with Crippen LogP contribution in [0, 0.1) is 17.2 Å². The molecule has 68 valence electrons. The summed E-state index contributed by atoms with van der Waals surface area (Å²) >= 11 is 0. The Hall–Kier alpha value is -1.36. The van der Waals surface area contributed by atoms with Crippen molar-refractivity contribution in [2.45, 2.75) is 26.7 Å². The van der Waals surface area contributed by atoms with Crippen LogP contribution in [0.4, 0.5) is 0 Å². The molecule has 0 saturated carbocycles. The summed E-state index contributed by atoms with van der Waals surface area (Å²) in [5.41, 5.74) is 2.15. The minimum absolute atomic E-state index is 0.409. The number of aromatic nitrogens is 1. The van der Waals surface area contributed by atoms with E-state index in [1.165, 1.54) is 5.56 Å². The van der Waals surface area contributed by atoms with Crippen molar-refractivity contribution in [2.24, 2.45) is 5.92 Å². The average molecular weight is 174 g/mol. The van der Waals surface area contributed by atoms with Crippen LogP contribution < -0.4 is 0 Å². The lowest BCUT2D eigenvalue weighted by Crippen LogP contribution is -1.96. The molecule has 0 fully saturated rings. The van der Waals surface area contributed by atoms with Gasteiger partial charge in [0.25, 0.3) is 0 Å². The summed E-state index contributed by atoms with van der Waals surface area (Å²) in [6.45, 7) is 4.37. The highest BCUT2D eigenvalue weighted by atomic mass is 14.7. The number of pyridine rings is 1. The molecule has 0 N–H and O–H groups in total. The number of nitriles is 1. The lowest BCUT2D eigenvalue weighted by molar-refractivity contribution is 0.646. The van der Waals surface area contributed by atoms with Gasteiger partial charge in [-0.15, -0.1) is 0 Å². The summed E-state index contributed by atoms with van der Waals surface area (Å²) in [7, 11) is 0. The van der Waals surface area contributed by atoms with Crippen LogP contribution in [-0.2, 0) is 12.8 Å². The first-order valence-electron chi connectivity index (χ1n) is 4.53. The van der Waals surface area contributed by atoms with Crippen LogP contribution in [0.15, 0.2) is 18.3 Å². The molecule has 0 radical (unpaired) electrons. The van der Waals surface area contributed by atoms with Crippen LogP contribution in [0.25, 0.3) is 0 Å². The SMILES string of the molecule is CC(C)Cc1ccnc(CC#N)c1. The molecule has 0 aliphatic rings. The lowest BCUT2D eigenvalue weighted by atomic mass is 10.0. The van der Waals surface area contributed by atoms with Crippen molar-refractivity contribution in [1.82, 2.24) is 4.98 Å². The summed E-state index contributed by atoms with van der Waals surface area (Å²) in [6.07, 6.45) is 3.25. The normalized spacial score (nSPS) is 10.0. The van der Waals surface area contributed by atoms with Crippen LogP contribution in [0.2, 0.25) is 0 Å². The third-order valence-corrected chi connectivity index (χ3v) is 1.79. The molecule has 0 aliphatic carbocycles. The fourth-order valence-electron chi connectivity index (χ4n) is 1.30. The van der Waals surface area contributed by atoms with Crippen LogP contribution in [0.1, 0.15) is 25.1 Å². The number of hydrogen-bond donors (Lipinski definition) is 0. The summed E-state index contributed by atoms with van der Waals surface area (Å²) in [4.78, 5) is 4.11. The quantitative estimate of drug-likeness (QED) is 0.705. The van der Waals surface area contributed by atoms with Crippen LogP contribution in [0.3, 0.4) is 0 Å². The monoisotopic (exact) mass is 174 g/mol.